The van der Waals surface area contributed by atoms with Crippen LogP contribution < -0.4 is 10.6 Å². The smallest absolute Gasteiger partial charge is 0.316 e. The first kappa shape index (κ1) is 19.3. The lowest BCUT2D eigenvalue weighted by atomic mass is 9.91. The number of benzene rings is 1. The van der Waals surface area contributed by atoms with Crippen LogP contribution in [0.2, 0.25) is 0 Å². The van der Waals surface area contributed by atoms with Crippen LogP contribution in [0.15, 0.2) is 42.1 Å². The van der Waals surface area contributed by atoms with Gasteiger partial charge in [0.05, 0.1) is 6.54 Å². The molecule has 1 atom stereocenters. The Hall–Kier alpha value is -2.47. The summed E-state index contributed by atoms with van der Waals surface area (Å²) in [5.41, 5.74) is 1.89. The number of hydrogen-bond acceptors (Lipinski definition) is 3. The summed E-state index contributed by atoms with van der Waals surface area (Å²) >= 11 is 0. The van der Waals surface area contributed by atoms with E-state index in [9.17, 15) is 14.4 Å². The van der Waals surface area contributed by atoms with Crippen LogP contribution >= 0.6 is 0 Å². The van der Waals surface area contributed by atoms with Gasteiger partial charge in [-0.1, -0.05) is 49.6 Å². The van der Waals surface area contributed by atoms with Crippen molar-refractivity contribution < 1.29 is 19.7 Å². The number of allylic oxidation sites excluding steroid dienone is 1. The molecule has 1 aliphatic carbocycles. The highest BCUT2D eigenvalue weighted by molar-refractivity contribution is 6.17. The van der Waals surface area contributed by atoms with Crippen LogP contribution in [0.1, 0.15) is 44.6 Å². The zero-order chi connectivity index (χ0) is 19.2. The van der Waals surface area contributed by atoms with Crippen LogP contribution in [0.4, 0.5) is 4.79 Å². The van der Waals surface area contributed by atoms with E-state index in [0.717, 1.165) is 45.1 Å². The first-order chi connectivity index (χ1) is 13.1. The lowest BCUT2D eigenvalue weighted by Crippen LogP contribution is -2.85. The molecule has 4 amide bonds. The van der Waals surface area contributed by atoms with Crippen LogP contribution in [-0.4, -0.2) is 35.3 Å². The summed E-state index contributed by atoms with van der Waals surface area (Å²) in [7, 11) is 0. The maximum Gasteiger partial charge on any atom is 0.331 e. The van der Waals surface area contributed by atoms with Crippen molar-refractivity contribution in [2.24, 2.45) is 5.92 Å². The quantitative estimate of drug-likeness (QED) is 0.748. The van der Waals surface area contributed by atoms with E-state index in [1.807, 2.05) is 36.5 Å². The van der Waals surface area contributed by atoms with E-state index < -0.39 is 17.9 Å². The molecule has 0 bridgehead atoms. The van der Waals surface area contributed by atoms with E-state index in [-0.39, 0.29) is 11.9 Å². The van der Waals surface area contributed by atoms with Crippen molar-refractivity contribution >= 4 is 17.8 Å². The number of carbonyl (C=O) groups excluding carboxylic acids is 3. The molecule has 1 aromatic carbocycles. The third-order valence-electron chi connectivity index (χ3n) is 5.46. The van der Waals surface area contributed by atoms with Crippen molar-refractivity contribution in [2.45, 2.75) is 51.5 Å². The number of rotatable bonds is 6. The second-order valence-electron chi connectivity index (χ2n) is 7.24. The van der Waals surface area contributed by atoms with Gasteiger partial charge < -0.3 is 5.32 Å². The molecule has 1 saturated heterocycles. The van der Waals surface area contributed by atoms with Crippen LogP contribution in [0.25, 0.3) is 0 Å². The van der Waals surface area contributed by atoms with Crippen LogP contribution in [0.5, 0.6) is 0 Å². The lowest BCUT2D eigenvalue weighted by Gasteiger charge is -2.37. The highest BCUT2D eigenvalue weighted by Gasteiger charge is 2.46. The molecular weight excluding hydrogens is 342 g/mol. The minimum absolute atomic E-state index is 0.0933. The number of nitrogens with one attached hydrogen (secondary N) is 1. The first-order valence-corrected chi connectivity index (χ1v) is 9.83. The molecule has 6 heteroatoms. The predicted octanol–water partition coefficient (Wildman–Crippen LogP) is 1.72. The molecule has 0 radical (unpaired) electrons. The van der Waals surface area contributed by atoms with Crippen molar-refractivity contribution in [3.05, 3.63) is 47.7 Å². The van der Waals surface area contributed by atoms with Gasteiger partial charge in [0.25, 0.3) is 11.8 Å². The SMILES string of the molecule is C/C=C(\[NH2+]CCc1ccccc1)[C@H]1C(=O)NC(=O)N(C2CCCCC2)C1=O. The third-order valence-corrected chi connectivity index (χ3v) is 5.46. The number of quaternary nitrogens is 1. The Morgan fingerprint density at radius 1 is 1.15 bits per heavy atom. The van der Waals surface area contributed by atoms with Crippen LogP contribution in [0.3, 0.4) is 0 Å². The number of nitrogens with two attached hydrogens (primary N) is 1. The fourth-order valence-corrected chi connectivity index (χ4v) is 4.02. The summed E-state index contributed by atoms with van der Waals surface area (Å²) in [5.74, 6) is -1.81. The van der Waals surface area contributed by atoms with E-state index in [1.165, 1.54) is 10.5 Å². The Kier molecular flexibility index (Phi) is 6.40. The molecule has 144 valence electrons. The van der Waals surface area contributed by atoms with Gasteiger partial charge in [-0.25, -0.2) is 4.79 Å². The fourth-order valence-electron chi connectivity index (χ4n) is 4.02. The number of hydrogen-bond donors (Lipinski definition) is 2. The number of urea groups is 1. The molecule has 6 nitrogen and oxygen atoms in total. The van der Waals surface area contributed by atoms with E-state index in [2.05, 4.69) is 17.4 Å². The zero-order valence-electron chi connectivity index (χ0n) is 15.8. The monoisotopic (exact) mass is 370 g/mol. The fraction of sp³-hybridized carbons (Fsp3) is 0.476. The Morgan fingerprint density at radius 2 is 1.85 bits per heavy atom. The molecule has 1 heterocycles. The molecule has 2 aliphatic rings. The maximum absolute atomic E-state index is 13.1. The zero-order valence-corrected chi connectivity index (χ0v) is 15.8. The molecular formula is C21H28N3O3+. The Balaban J connectivity index is 1.68. The van der Waals surface area contributed by atoms with Crippen molar-refractivity contribution in [3.63, 3.8) is 0 Å². The van der Waals surface area contributed by atoms with Gasteiger partial charge in [-0.3, -0.25) is 19.8 Å². The third kappa shape index (κ3) is 4.45. The summed E-state index contributed by atoms with van der Waals surface area (Å²) in [6.45, 7) is 2.56. The van der Waals surface area contributed by atoms with Crippen LogP contribution in [-0.2, 0) is 16.0 Å². The highest BCUT2D eigenvalue weighted by Crippen LogP contribution is 2.26. The molecule has 27 heavy (non-hydrogen) atoms. The Bertz CT molecular complexity index is 723. The number of amides is 4. The van der Waals surface area contributed by atoms with Crippen molar-refractivity contribution in [3.8, 4) is 0 Å². The number of barbiturate groups is 1. The summed E-state index contributed by atoms with van der Waals surface area (Å²) in [4.78, 5) is 39.1. The summed E-state index contributed by atoms with van der Waals surface area (Å²) in [6, 6.07) is 9.44. The number of nitrogens with zero attached hydrogens (tertiary/aromatic N) is 1. The molecule has 0 unspecified atom stereocenters. The number of imide groups is 2. The van der Waals surface area contributed by atoms with Gasteiger partial charge in [-0.15, -0.1) is 0 Å². The maximum atomic E-state index is 13.1. The molecule has 1 aromatic rings. The second-order valence-corrected chi connectivity index (χ2v) is 7.24. The van der Waals surface area contributed by atoms with Crippen molar-refractivity contribution in [1.29, 1.82) is 0 Å². The molecule has 0 aromatic heterocycles. The molecule has 1 saturated carbocycles. The molecule has 0 spiro atoms. The molecule has 3 rings (SSSR count). The number of carbonyl (C=O) groups is 3. The largest absolute Gasteiger partial charge is 0.331 e. The van der Waals surface area contributed by atoms with Crippen LogP contribution in [0, 0.1) is 5.92 Å². The van der Waals surface area contributed by atoms with Gasteiger partial charge in [-0.05, 0) is 31.4 Å². The summed E-state index contributed by atoms with van der Waals surface area (Å²) in [5, 5.41) is 4.34. The van der Waals surface area contributed by atoms with E-state index >= 15 is 0 Å². The van der Waals surface area contributed by atoms with E-state index in [4.69, 9.17) is 0 Å². The van der Waals surface area contributed by atoms with Gasteiger partial charge in [0.2, 0.25) is 0 Å². The molecule has 1 aliphatic heterocycles. The van der Waals surface area contributed by atoms with Gasteiger partial charge in [0.1, 0.15) is 5.70 Å². The minimum Gasteiger partial charge on any atom is -0.316 e. The Labute approximate surface area is 160 Å². The van der Waals surface area contributed by atoms with E-state index in [1.54, 1.807) is 0 Å². The summed E-state index contributed by atoms with van der Waals surface area (Å²) < 4.78 is 0. The standard InChI is InChI=1S/C21H27N3O3/c1-2-17(22-14-13-15-9-5-3-6-10-15)18-19(25)23-21(27)24(20(18)26)16-11-7-4-8-12-16/h2-3,5-6,9-10,16,18,22H,4,7-8,11-14H2,1H3,(H,23,25,27)/p+1/b17-2-/t18-/m0/s1. The van der Waals surface area contributed by atoms with Gasteiger partial charge >= 0.3 is 6.03 Å². The average molecular weight is 370 g/mol. The van der Waals surface area contributed by atoms with Crippen molar-refractivity contribution in [1.82, 2.24) is 10.2 Å². The summed E-state index contributed by atoms with van der Waals surface area (Å²) in [6.07, 6.45) is 7.45. The van der Waals surface area contributed by atoms with Gasteiger partial charge in [0.15, 0.2) is 5.92 Å². The second kappa shape index (κ2) is 8.95. The van der Waals surface area contributed by atoms with Gasteiger partial charge in [-0.2, -0.15) is 0 Å². The first-order valence-electron chi connectivity index (χ1n) is 9.83. The molecule has 3 N–H and O–H groups in total. The lowest BCUT2D eigenvalue weighted by molar-refractivity contribution is -0.609. The highest BCUT2D eigenvalue weighted by atomic mass is 16.2. The van der Waals surface area contributed by atoms with E-state index in [0.29, 0.717) is 5.70 Å². The normalized spacial score (nSPS) is 22.1. The average Bonchev–Trinajstić information content (AvgIpc) is 2.68. The topological polar surface area (TPSA) is 83.1 Å². The minimum atomic E-state index is -0.926. The molecule has 2 fully saturated rings. The van der Waals surface area contributed by atoms with Gasteiger partial charge in [0, 0.05) is 12.5 Å². The predicted molar refractivity (Wildman–Crippen MR) is 101 cm³/mol. The Morgan fingerprint density at radius 3 is 2.52 bits per heavy atom. The van der Waals surface area contributed by atoms with Crippen molar-refractivity contribution in [2.75, 3.05) is 6.54 Å².